The molecule has 0 aromatic carbocycles. The first-order valence-electron chi connectivity index (χ1n) is 9.82. The van der Waals surface area contributed by atoms with Gasteiger partial charge in [0.2, 0.25) is 5.88 Å². The zero-order valence-electron chi connectivity index (χ0n) is 16.3. The lowest BCUT2D eigenvalue weighted by molar-refractivity contribution is -0.00546. The number of ether oxygens (including phenoxy) is 1. The highest BCUT2D eigenvalue weighted by molar-refractivity contribution is 5.58. The lowest BCUT2D eigenvalue weighted by Gasteiger charge is -2.36. The van der Waals surface area contributed by atoms with Crippen LogP contribution >= 0.6 is 0 Å². The van der Waals surface area contributed by atoms with Crippen LogP contribution in [-0.2, 0) is 4.74 Å². The molecule has 0 bridgehead atoms. The van der Waals surface area contributed by atoms with E-state index in [2.05, 4.69) is 33.8 Å². The maximum atomic E-state index is 11.4. The van der Waals surface area contributed by atoms with Crippen LogP contribution in [-0.4, -0.2) is 61.0 Å². The second kappa shape index (κ2) is 6.73. The average molecular weight is 397 g/mol. The van der Waals surface area contributed by atoms with Crippen LogP contribution in [0, 0.1) is 0 Å². The zero-order valence-corrected chi connectivity index (χ0v) is 16.3. The van der Waals surface area contributed by atoms with Gasteiger partial charge in [-0.2, -0.15) is 9.61 Å². The van der Waals surface area contributed by atoms with Crippen molar-refractivity contribution in [2.45, 2.75) is 44.9 Å². The lowest BCUT2D eigenvalue weighted by atomic mass is 10.2. The smallest absolute Gasteiger partial charge is 0.326 e. The molecule has 5 rings (SSSR count). The third kappa shape index (κ3) is 3.51. The first-order valence-corrected chi connectivity index (χ1v) is 9.82. The molecule has 0 spiro atoms. The number of rotatable bonds is 3. The van der Waals surface area contributed by atoms with Gasteiger partial charge >= 0.3 is 5.69 Å². The summed E-state index contributed by atoms with van der Waals surface area (Å²) in [7, 11) is 0. The summed E-state index contributed by atoms with van der Waals surface area (Å²) in [6.45, 7) is 5.60. The minimum Gasteiger partial charge on any atom is -0.493 e. The molecular formula is C19H23N7O3. The maximum absolute atomic E-state index is 11.4. The first-order chi connectivity index (χ1) is 14.0. The van der Waals surface area contributed by atoms with Gasteiger partial charge in [-0.15, -0.1) is 0 Å². The summed E-state index contributed by atoms with van der Waals surface area (Å²) in [5, 5.41) is 15.0. The molecule has 1 aliphatic heterocycles. The van der Waals surface area contributed by atoms with Crippen molar-refractivity contribution in [1.82, 2.24) is 24.6 Å². The number of aromatic amines is 2. The van der Waals surface area contributed by atoms with E-state index >= 15 is 0 Å². The fourth-order valence-corrected chi connectivity index (χ4v) is 3.71. The van der Waals surface area contributed by atoms with Crippen LogP contribution in [0.3, 0.4) is 0 Å². The van der Waals surface area contributed by atoms with Crippen LogP contribution in [0.25, 0.3) is 11.7 Å². The second-order valence-electron chi connectivity index (χ2n) is 7.82. The van der Waals surface area contributed by atoms with Gasteiger partial charge in [-0.1, -0.05) is 0 Å². The van der Waals surface area contributed by atoms with E-state index in [0.717, 1.165) is 37.2 Å². The zero-order chi connectivity index (χ0) is 20.1. The molecule has 0 radical (unpaired) electrons. The number of aromatic hydroxyl groups is 1. The molecule has 152 valence electrons. The molecule has 2 atom stereocenters. The van der Waals surface area contributed by atoms with Gasteiger partial charge < -0.3 is 19.7 Å². The number of morpholine rings is 1. The number of anilines is 1. The minimum atomic E-state index is -0.473. The van der Waals surface area contributed by atoms with Crippen molar-refractivity contribution in [3.63, 3.8) is 0 Å². The summed E-state index contributed by atoms with van der Waals surface area (Å²) in [6, 6.07) is 2.31. The van der Waals surface area contributed by atoms with Crippen molar-refractivity contribution in [3.8, 4) is 5.88 Å². The fourth-order valence-electron chi connectivity index (χ4n) is 3.71. The molecule has 3 N–H and O–H groups in total. The number of fused-ring (bicyclic) bond motifs is 1. The molecule has 2 fully saturated rings. The molecule has 10 nitrogen and oxygen atoms in total. The third-order valence-corrected chi connectivity index (χ3v) is 5.11. The Balaban J connectivity index is 1.69. The Morgan fingerprint density at radius 1 is 1.28 bits per heavy atom. The van der Waals surface area contributed by atoms with E-state index in [9.17, 15) is 9.90 Å². The number of nitrogens with zero attached hydrogens (tertiary/aromatic N) is 5. The molecule has 1 saturated heterocycles. The monoisotopic (exact) mass is 397 g/mol. The van der Waals surface area contributed by atoms with E-state index in [1.165, 1.54) is 0 Å². The summed E-state index contributed by atoms with van der Waals surface area (Å²) >= 11 is 0. The van der Waals surface area contributed by atoms with Gasteiger partial charge in [-0.3, -0.25) is 9.98 Å². The Morgan fingerprint density at radius 2 is 2.03 bits per heavy atom. The second-order valence-corrected chi connectivity index (χ2v) is 7.82. The van der Waals surface area contributed by atoms with E-state index < -0.39 is 5.69 Å². The normalized spacial score (nSPS) is 24.0. The Labute approximate surface area is 165 Å². The number of nitrogens with one attached hydrogen (secondary N) is 2. The van der Waals surface area contributed by atoms with E-state index in [1.807, 2.05) is 6.07 Å². The number of aromatic nitrogens is 5. The molecule has 29 heavy (non-hydrogen) atoms. The molecule has 1 aliphatic carbocycles. The van der Waals surface area contributed by atoms with Gasteiger partial charge in [0.25, 0.3) is 0 Å². The van der Waals surface area contributed by atoms with Crippen molar-refractivity contribution in [3.05, 3.63) is 39.1 Å². The van der Waals surface area contributed by atoms with Gasteiger partial charge in [-0.05, 0) is 32.8 Å². The summed E-state index contributed by atoms with van der Waals surface area (Å²) in [4.78, 5) is 28.2. The van der Waals surface area contributed by atoms with Gasteiger partial charge in [0.05, 0.1) is 24.4 Å². The van der Waals surface area contributed by atoms with Gasteiger partial charge in [0.15, 0.2) is 11.1 Å². The van der Waals surface area contributed by atoms with Crippen LogP contribution in [0.5, 0.6) is 5.88 Å². The third-order valence-electron chi connectivity index (χ3n) is 5.11. The number of H-pyrrole nitrogens is 2. The van der Waals surface area contributed by atoms with Crippen LogP contribution in [0.1, 0.15) is 32.4 Å². The minimum absolute atomic E-state index is 0.110. The van der Waals surface area contributed by atoms with Crippen molar-refractivity contribution in [2.24, 2.45) is 4.99 Å². The number of imidazole rings is 1. The van der Waals surface area contributed by atoms with E-state index in [4.69, 9.17) is 14.7 Å². The molecule has 2 aliphatic rings. The average Bonchev–Trinajstić information content (AvgIpc) is 3.29. The van der Waals surface area contributed by atoms with Crippen LogP contribution in [0.15, 0.2) is 22.1 Å². The summed E-state index contributed by atoms with van der Waals surface area (Å²) in [6.07, 6.45) is 5.70. The van der Waals surface area contributed by atoms with E-state index in [0.29, 0.717) is 16.9 Å². The Kier molecular flexibility index (Phi) is 4.16. The number of hydrogen-bond donors (Lipinski definition) is 3. The SMILES string of the molecule is CC1CN(c2cc(=NC3CC3)n3nc/c(=C/c4[nH]c(=O)[nH]c4O)c3n2)CC(C)O1. The van der Waals surface area contributed by atoms with E-state index in [1.54, 1.807) is 16.8 Å². The molecule has 3 aromatic rings. The quantitative estimate of drug-likeness (QED) is 0.556. The molecule has 1 saturated carbocycles. The molecule has 2 unspecified atom stereocenters. The highest BCUT2D eigenvalue weighted by Gasteiger charge is 2.25. The first kappa shape index (κ1) is 17.9. The number of hydrogen-bond acceptors (Lipinski definition) is 7. The van der Waals surface area contributed by atoms with Crippen LogP contribution < -0.4 is 21.3 Å². The van der Waals surface area contributed by atoms with Crippen molar-refractivity contribution in [2.75, 3.05) is 18.0 Å². The van der Waals surface area contributed by atoms with Crippen molar-refractivity contribution < 1.29 is 9.84 Å². The summed E-state index contributed by atoms with van der Waals surface area (Å²) in [5.41, 5.74) is 1.19. The standard InChI is InChI=1S/C19H23N7O3/c1-10-8-25(9-11(2)29-10)15-6-16(21-13-3-4-13)26-17(23-15)12(7-20-26)5-14-18(27)24-19(28)22-14/h5-7,10-11,13,27H,3-4,8-9H2,1-2H3,(H2,22,24,28)/b12-5-,21-16?. The molecule has 3 aromatic heterocycles. The van der Waals surface area contributed by atoms with Gasteiger partial charge in [0, 0.05) is 24.4 Å². The summed E-state index contributed by atoms with van der Waals surface area (Å²) < 4.78 is 7.56. The van der Waals surface area contributed by atoms with E-state index in [-0.39, 0.29) is 23.8 Å². The van der Waals surface area contributed by atoms with Crippen LogP contribution in [0.2, 0.25) is 0 Å². The predicted molar refractivity (Wildman–Crippen MR) is 106 cm³/mol. The fraction of sp³-hybridized carbons (Fsp3) is 0.474. The largest absolute Gasteiger partial charge is 0.493 e. The highest BCUT2D eigenvalue weighted by Crippen LogP contribution is 2.23. The highest BCUT2D eigenvalue weighted by atomic mass is 16.5. The predicted octanol–water partition coefficient (Wildman–Crippen LogP) is -0.324. The van der Waals surface area contributed by atoms with Gasteiger partial charge in [0.1, 0.15) is 11.5 Å². The Morgan fingerprint density at radius 3 is 2.69 bits per heavy atom. The van der Waals surface area contributed by atoms with Gasteiger partial charge in [-0.25, -0.2) is 9.78 Å². The van der Waals surface area contributed by atoms with Crippen molar-refractivity contribution in [1.29, 1.82) is 0 Å². The van der Waals surface area contributed by atoms with Crippen LogP contribution in [0.4, 0.5) is 5.82 Å². The molecule has 10 heteroatoms. The topological polar surface area (TPSA) is 124 Å². The molecule has 4 heterocycles. The van der Waals surface area contributed by atoms with Crippen molar-refractivity contribution >= 4 is 17.5 Å². The molecule has 0 amide bonds. The Bertz CT molecular complexity index is 1230. The summed E-state index contributed by atoms with van der Waals surface area (Å²) in [5.74, 6) is 0.602. The lowest BCUT2D eigenvalue weighted by Crippen LogP contribution is -2.46. The maximum Gasteiger partial charge on any atom is 0.326 e. The Hall–Kier alpha value is -3.14. The molecular weight excluding hydrogens is 374 g/mol.